The molecule has 1 N–H and O–H groups in total. The molecule has 2 heterocycles. The molecule has 5 heteroatoms. The highest BCUT2D eigenvalue weighted by Gasteiger charge is 2.16. The van der Waals surface area contributed by atoms with Gasteiger partial charge >= 0.3 is 0 Å². The van der Waals surface area contributed by atoms with Gasteiger partial charge in [0.15, 0.2) is 0 Å². The molecule has 1 aliphatic rings. The molecule has 4 rings (SSSR count). The number of carbonyl (C=O) groups is 1. The van der Waals surface area contributed by atoms with Gasteiger partial charge in [-0.05, 0) is 36.6 Å². The molecule has 0 fully saturated rings. The van der Waals surface area contributed by atoms with Gasteiger partial charge in [-0.25, -0.2) is 4.68 Å². The summed E-state index contributed by atoms with van der Waals surface area (Å²) < 4.78 is 1.92. The zero-order valence-corrected chi connectivity index (χ0v) is 16.7. The van der Waals surface area contributed by atoms with E-state index in [0.29, 0.717) is 13.1 Å². The number of carbonyl (C=O) groups excluding carboxylic acids is 1. The summed E-state index contributed by atoms with van der Waals surface area (Å²) in [4.78, 5) is 14.4. The number of aromatic nitrogens is 2. The molecule has 5 nitrogen and oxygen atoms in total. The maximum atomic E-state index is 12.2. The van der Waals surface area contributed by atoms with Crippen LogP contribution in [-0.4, -0.2) is 40.2 Å². The summed E-state index contributed by atoms with van der Waals surface area (Å²) in [6, 6.07) is 18.3. The summed E-state index contributed by atoms with van der Waals surface area (Å²) in [5.74, 6) is 0.0675. The van der Waals surface area contributed by atoms with E-state index < -0.39 is 0 Å². The smallest absolute Gasteiger partial charge is 0.234 e. The lowest BCUT2D eigenvalue weighted by molar-refractivity contribution is -0.122. The maximum absolute atomic E-state index is 12.2. The Morgan fingerprint density at radius 1 is 1.10 bits per heavy atom. The van der Waals surface area contributed by atoms with Crippen molar-refractivity contribution in [2.45, 2.75) is 19.9 Å². The molecule has 148 valence electrons. The molecule has 1 aromatic heterocycles. The first-order valence-electron chi connectivity index (χ1n) is 10.0. The topological polar surface area (TPSA) is 50.2 Å². The Morgan fingerprint density at radius 2 is 1.90 bits per heavy atom. The van der Waals surface area contributed by atoms with Gasteiger partial charge < -0.3 is 5.32 Å². The Morgan fingerprint density at radius 3 is 2.62 bits per heavy atom. The lowest BCUT2D eigenvalue weighted by atomic mass is 10.0. The molecule has 0 aliphatic carbocycles. The zero-order valence-electron chi connectivity index (χ0n) is 16.7. The van der Waals surface area contributed by atoms with Crippen LogP contribution >= 0.6 is 0 Å². The highest BCUT2D eigenvalue weighted by Crippen LogP contribution is 2.23. The van der Waals surface area contributed by atoms with Crippen molar-refractivity contribution in [3.63, 3.8) is 0 Å². The van der Waals surface area contributed by atoms with Gasteiger partial charge in [0.05, 0.1) is 18.4 Å². The molecule has 0 atom stereocenters. The van der Waals surface area contributed by atoms with E-state index in [4.69, 9.17) is 0 Å². The van der Waals surface area contributed by atoms with Gasteiger partial charge in [0.1, 0.15) is 0 Å². The predicted octanol–water partition coefficient (Wildman–Crippen LogP) is 3.59. The van der Waals surface area contributed by atoms with E-state index in [1.54, 1.807) is 0 Å². The van der Waals surface area contributed by atoms with Crippen molar-refractivity contribution in [2.75, 3.05) is 19.6 Å². The third kappa shape index (κ3) is 5.00. The van der Waals surface area contributed by atoms with E-state index in [2.05, 4.69) is 58.8 Å². The van der Waals surface area contributed by atoms with Gasteiger partial charge in [-0.3, -0.25) is 9.69 Å². The van der Waals surface area contributed by atoms with Crippen LogP contribution in [0.4, 0.5) is 0 Å². The van der Waals surface area contributed by atoms with Crippen molar-refractivity contribution in [1.82, 2.24) is 20.0 Å². The Hall–Kier alpha value is -3.18. The highest BCUT2D eigenvalue weighted by molar-refractivity contribution is 5.78. The molecule has 0 radical (unpaired) electrons. The molecular weight excluding hydrogens is 360 g/mol. The first-order valence-corrected chi connectivity index (χ1v) is 10.0. The van der Waals surface area contributed by atoms with Crippen LogP contribution in [0.1, 0.15) is 23.1 Å². The molecular formula is C24H26N4O. The lowest BCUT2D eigenvalue weighted by Crippen LogP contribution is -2.39. The van der Waals surface area contributed by atoms with Gasteiger partial charge in [0, 0.05) is 31.4 Å². The summed E-state index contributed by atoms with van der Waals surface area (Å²) in [5, 5.41) is 7.51. The van der Waals surface area contributed by atoms with E-state index in [-0.39, 0.29) is 5.91 Å². The fourth-order valence-electron chi connectivity index (χ4n) is 3.50. The third-order valence-corrected chi connectivity index (χ3v) is 5.24. The Balaban J connectivity index is 1.30. The standard InChI is InChI=1S/C24H26N4O/c1-19-7-9-23(10-8-19)28-17-22(16-26-28)21-11-13-27(14-12-21)18-24(29)25-15-20-5-3-2-4-6-20/h2-11,16-17H,12-15,18H2,1H3,(H,25,29). The fraction of sp³-hybridized carbons (Fsp3) is 0.250. The van der Waals surface area contributed by atoms with Gasteiger partial charge in [0.2, 0.25) is 5.91 Å². The average molecular weight is 386 g/mol. The largest absolute Gasteiger partial charge is 0.351 e. The zero-order chi connectivity index (χ0) is 20.1. The monoisotopic (exact) mass is 386 g/mol. The van der Waals surface area contributed by atoms with Crippen LogP contribution in [0.5, 0.6) is 0 Å². The summed E-state index contributed by atoms with van der Waals surface area (Å²) in [6.45, 7) is 4.75. The second kappa shape index (κ2) is 8.88. The second-order valence-electron chi connectivity index (χ2n) is 7.49. The minimum Gasteiger partial charge on any atom is -0.351 e. The van der Waals surface area contributed by atoms with Crippen molar-refractivity contribution in [3.8, 4) is 5.69 Å². The van der Waals surface area contributed by atoms with Crippen LogP contribution in [0.25, 0.3) is 11.3 Å². The lowest BCUT2D eigenvalue weighted by Gasteiger charge is -2.25. The first kappa shape index (κ1) is 19.2. The second-order valence-corrected chi connectivity index (χ2v) is 7.49. The molecule has 29 heavy (non-hydrogen) atoms. The van der Waals surface area contributed by atoms with Crippen LogP contribution in [0.2, 0.25) is 0 Å². The molecule has 1 amide bonds. The molecule has 0 unspecified atom stereocenters. The normalized spacial score (nSPS) is 14.4. The number of hydrogen-bond acceptors (Lipinski definition) is 3. The molecule has 2 aromatic carbocycles. The van der Waals surface area contributed by atoms with Crippen LogP contribution in [-0.2, 0) is 11.3 Å². The van der Waals surface area contributed by atoms with E-state index >= 15 is 0 Å². The van der Waals surface area contributed by atoms with Crippen molar-refractivity contribution in [1.29, 1.82) is 0 Å². The van der Waals surface area contributed by atoms with Crippen molar-refractivity contribution < 1.29 is 4.79 Å². The Kier molecular flexibility index (Phi) is 5.86. The molecule has 0 bridgehead atoms. The fourth-order valence-corrected chi connectivity index (χ4v) is 3.50. The summed E-state index contributed by atoms with van der Waals surface area (Å²) >= 11 is 0. The third-order valence-electron chi connectivity index (χ3n) is 5.24. The molecule has 3 aromatic rings. The van der Waals surface area contributed by atoms with E-state index in [1.165, 1.54) is 11.1 Å². The average Bonchev–Trinajstić information content (AvgIpc) is 3.24. The van der Waals surface area contributed by atoms with Gasteiger partial charge in [0.25, 0.3) is 0 Å². The number of benzene rings is 2. The molecule has 0 spiro atoms. The van der Waals surface area contributed by atoms with Crippen LogP contribution < -0.4 is 5.32 Å². The van der Waals surface area contributed by atoms with Crippen LogP contribution in [0, 0.1) is 6.92 Å². The Labute approximate surface area is 171 Å². The summed E-state index contributed by atoms with van der Waals surface area (Å²) in [6.07, 6.45) is 7.14. The number of nitrogens with zero attached hydrogens (tertiary/aromatic N) is 3. The van der Waals surface area contributed by atoms with E-state index in [1.807, 2.05) is 41.2 Å². The van der Waals surface area contributed by atoms with Crippen molar-refractivity contribution >= 4 is 11.5 Å². The molecule has 0 saturated heterocycles. The number of amides is 1. The Bertz CT molecular complexity index is 989. The first-order chi connectivity index (χ1) is 14.2. The maximum Gasteiger partial charge on any atom is 0.234 e. The molecule has 0 saturated carbocycles. The SMILES string of the molecule is Cc1ccc(-n2cc(C3=CCN(CC(=O)NCc4ccccc4)CC3)cn2)cc1. The minimum atomic E-state index is 0.0675. The highest BCUT2D eigenvalue weighted by atomic mass is 16.2. The summed E-state index contributed by atoms with van der Waals surface area (Å²) in [5.41, 5.74) is 5.87. The number of rotatable bonds is 6. The van der Waals surface area contributed by atoms with Gasteiger partial charge in [-0.1, -0.05) is 54.1 Å². The van der Waals surface area contributed by atoms with E-state index in [0.717, 1.165) is 36.3 Å². The van der Waals surface area contributed by atoms with Gasteiger partial charge in [-0.2, -0.15) is 5.10 Å². The quantitative estimate of drug-likeness (QED) is 0.704. The number of aryl methyl sites for hydroxylation is 1. The minimum absolute atomic E-state index is 0.0675. The van der Waals surface area contributed by atoms with Crippen molar-refractivity contribution in [2.24, 2.45) is 0 Å². The van der Waals surface area contributed by atoms with Crippen molar-refractivity contribution in [3.05, 3.63) is 89.8 Å². The summed E-state index contributed by atoms with van der Waals surface area (Å²) in [7, 11) is 0. The van der Waals surface area contributed by atoms with E-state index in [9.17, 15) is 4.79 Å². The molecule has 1 aliphatic heterocycles. The van der Waals surface area contributed by atoms with Crippen LogP contribution in [0.15, 0.2) is 73.1 Å². The number of hydrogen-bond donors (Lipinski definition) is 1. The number of nitrogens with one attached hydrogen (secondary N) is 1. The van der Waals surface area contributed by atoms with Gasteiger partial charge in [-0.15, -0.1) is 0 Å². The van der Waals surface area contributed by atoms with Crippen LogP contribution in [0.3, 0.4) is 0 Å². The predicted molar refractivity (Wildman–Crippen MR) is 116 cm³/mol.